The lowest BCUT2D eigenvalue weighted by Crippen LogP contribution is -2.58. The number of carbonyl (C=O) groups is 2. The Morgan fingerprint density at radius 3 is 2.36 bits per heavy atom. The zero-order valence-electron chi connectivity index (χ0n) is 21.2. The summed E-state index contributed by atoms with van der Waals surface area (Å²) < 4.78 is 13.5. The predicted octanol–water partition coefficient (Wildman–Crippen LogP) is 3.64. The van der Waals surface area contributed by atoms with Crippen molar-refractivity contribution in [2.45, 2.75) is 82.6 Å². The summed E-state index contributed by atoms with van der Waals surface area (Å²) in [7, 11) is 0. The second kappa shape index (κ2) is 12.5. The van der Waals surface area contributed by atoms with Gasteiger partial charge in [0.25, 0.3) is 0 Å². The molecule has 2 aliphatic rings. The molecule has 194 valence electrons. The number of rotatable bonds is 8. The van der Waals surface area contributed by atoms with E-state index in [1.54, 1.807) is 11.8 Å². The highest BCUT2D eigenvalue weighted by Crippen LogP contribution is 2.26. The maximum atomic E-state index is 13.5. The van der Waals surface area contributed by atoms with Crippen LogP contribution < -0.4 is 11.1 Å². The van der Waals surface area contributed by atoms with Crippen molar-refractivity contribution in [3.63, 3.8) is 0 Å². The molecule has 3 N–H and O–H groups in total. The highest BCUT2D eigenvalue weighted by atomic mass is 19.1. The highest BCUT2D eigenvalue weighted by molar-refractivity contribution is 5.87. The molecule has 1 heterocycles. The second-order valence-corrected chi connectivity index (χ2v) is 10.4. The highest BCUT2D eigenvalue weighted by Gasteiger charge is 2.38. The number of nitrogens with one attached hydrogen (secondary N) is 1. The Bertz CT molecular complexity index is 992. The minimum Gasteiger partial charge on any atom is -0.352 e. The van der Waals surface area contributed by atoms with Crippen LogP contribution in [-0.2, 0) is 22.6 Å². The molecule has 1 aliphatic carbocycles. The van der Waals surface area contributed by atoms with Gasteiger partial charge in [-0.3, -0.25) is 14.5 Å². The van der Waals surface area contributed by atoms with Crippen molar-refractivity contribution in [3.8, 4) is 0 Å². The molecule has 36 heavy (non-hydrogen) atoms. The third-order valence-corrected chi connectivity index (χ3v) is 7.75. The molecule has 6 nitrogen and oxygen atoms in total. The molecule has 0 radical (unpaired) electrons. The van der Waals surface area contributed by atoms with Gasteiger partial charge >= 0.3 is 0 Å². The van der Waals surface area contributed by atoms with Crippen molar-refractivity contribution >= 4 is 11.8 Å². The van der Waals surface area contributed by atoms with Crippen LogP contribution in [0.4, 0.5) is 4.39 Å². The molecule has 2 aromatic carbocycles. The molecular formula is C29H39FN4O2. The molecule has 2 aromatic rings. The van der Waals surface area contributed by atoms with Gasteiger partial charge < -0.3 is 16.0 Å². The average Bonchev–Trinajstić information content (AvgIpc) is 2.89. The minimum atomic E-state index is -0.482. The van der Waals surface area contributed by atoms with Crippen LogP contribution in [0.5, 0.6) is 0 Å². The maximum Gasteiger partial charge on any atom is 0.243 e. The molecule has 1 saturated heterocycles. The van der Waals surface area contributed by atoms with Crippen LogP contribution in [0.25, 0.3) is 0 Å². The van der Waals surface area contributed by atoms with E-state index in [0.717, 1.165) is 50.6 Å². The van der Waals surface area contributed by atoms with Crippen molar-refractivity contribution in [1.82, 2.24) is 15.1 Å². The van der Waals surface area contributed by atoms with Crippen LogP contribution >= 0.6 is 0 Å². The SMILES string of the molecule is CC(=O)N1CCC(N(CCc2ccccc2)Cc2ccc(F)cc2)C[C@@H]1C(=O)NC1CCC(N)CC1. The number of piperidine rings is 1. The van der Waals surface area contributed by atoms with E-state index in [-0.39, 0.29) is 35.8 Å². The Hall–Kier alpha value is -2.77. The summed E-state index contributed by atoms with van der Waals surface area (Å²) in [6.45, 7) is 3.60. The monoisotopic (exact) mass is 494 g/mol. The summed E-state index contributed by atoms with van der Waals surface area (Å²) in [6.07, 6.45) is 5.88. The Labute approximate surface area is 214 Å². The average molecular weight is 495 g/mol. The van der Waals surface area contributed by atoms with E-state index in [9.17, 15) is 14.0 Å². The zero-order valence-corrected chi connectivity index (χ0v) is 21.2. The molecule has 2 atom stereocenters. The molecule has 2 fully saturated rings. The fraction of sp³-hybridized carbons (Fsp3) is 0.517. The molecule has 1 saturated carbocycles. The van der Waals surface area contributed by atoms with Crippen molar-refractivity contribution in [2.24, 2.45) is 5.73 Å². The van der Waals surface area contributed by atoms with Gasteiger partial charge in [0.15, 0.2) is 0 Å². The van der Waals surface area contributed by atoms with Crippen LogP contribution in [0.2, 0.25) is 0 Å². The van der Waals surface area contributed by atoms with E-state index in [1.807, 2.05) is 30.3 Å². The van der Waals surface area contributed by atoms with Gasteiger partial charge in [0, 0.05) is 44.7 Å². The predicted molar refractivity (Wildman–Crippen MR) is 140 cm³/mol. The maximum absolute atomic E-state index is 13.5. The van der Waals surface area contributed by atoms with E-state index in [1.165, 1.54) is 17.7 Å². The van der Waals surface area contributed by atoms with Crippen LogP contribution in [-0.4, -0.2) is 58.9 Å². The van der Waals surface area contributed by atoms with Gasteiger partial charge in [-0.2, -0.15) is 0 Å². The number of carbonyl (C=O) groups excluding carboxylic acids is 2. The summed E-state index contributed by atoms with van der Waals surface area (Å²) in [5.41, 5.74) is 8.33. The Morgan fingerprint density at radius 2 is 1.69 bits per heavy atom. The van der Waals surface area contributed by atoms with Gasteiger partial charge in [0.1, 0.15) is 11.9 Å². The first-order valence-corrected chi connectivity index (χ1v) is 13.2. The fourth-order valence-electron chi connectivity index (χ4n) is 5.60. The molecule has 1 aliphatic heterocycles. The van der Waals surface area contributed by atoms with Crippen molar-refractivity contribution in [1.29, 1.82) is 0 Å². The molecule has 0 spiro atoms. The van der Waals surface area contributed by atoms with E-state index < -0.39 is 6.04 Å². The minimum absolute atomic E-state index is 0.0554. The molecule has 1 unspecified atom stereocenters. The van der Waals surface area contributed by atoms with Gasteiger partial charge in [-0.1, -0.05) is 42.5 Å². The van der Waals surface area contributed by atoms with E-state index in [2.05, 4.69) is 22.3 Å². The number of halogens is 1. The number of likely N-dealkylation sites (tertiary alicyclic amines) is 1. The summed E-state index contributed by atoms with van der Waals surface area (Å²) in [5, 5.41) is 3.22. The molecule has 7 heteroatoms. The zero-order chi connectivity index (χ0) is 25.5. The quantitative estimate of drug-likeness (QED) is 0.587. The Balaban J connectivity index is 1.48. The largest absolute Gasteiger partial charge is 0.352 e. The first-order chi connectivity index (χ1) is 17.4. The van der Waals surface area contributed by atoms with Gasteiger partial charge in [0.2, 0.25) is 11.8 Å². The lowest BCUT2D eigenvalue weighted by Gasteiger charge is -2.43. The number of amides is 2. The Morgan fingerprint density at radius 1 is 1.00 bits per heavy atom. The third kappa shape index (κ3) is 7.14. The van der Waals surface area contributed by atoms with Crippen LogP contribution in [0.15, 0.2) is 54.6 Å². The van der Waals surface area contributed by atoms with Crippen LogP contribution in [0.3, 0.4) is 0 Å². The second-order valence-electron chi connectivity index (χ2n) is 10.4. The molecule has 2 amide bonds. The topological polar surface area (TPSA) is 78.7 Å². The molecular weight excluding hydrogens is 455 g/mol. The Kier molecular flexibility index (Phi) is 9.10. The number of benzene rings is 2. The van der Waals surface area contributed by atoms with Gasteiger partial charge in [-0.15, -0.1) is 0 Å². The fourth-order valence-corrected chi connectivity index (χ4v) is 5.60. The van der Waals surface area contributed by atoms with E-state index in [4.69, 9.17) is 5.73 Å². The van der Waals surface area contributed by atoms with E-state index in [0.29, 0.717) is 19.5 Å². The van der Waals surface area contributed by atoms with Crippen molar-refractivity contribution < 1.29 is 14.0 Å². The number of nitrogens with zero attached hydrogens (tertiary/aromatic N) is 2. The van der Waals surface area contributed by atoms with Crippen LogP contribution in [0.1, 0.15) is 56.6 Å². The van der Waals surface area contributed by atoms with Gasteiger partial charge in [0.05, 0.1) is 0 Å². The normalized spacial score (nSPS) is 24.5. The van der Waals surface area contributed by atoms with Gasteiger partial charge in [-0.05, 0) is 68.2 Å². The summed E-state index contributed by atoms with van der Waals surface area (Å²) in [4.78, 5) is 30.0. The molecule has 0 bridgehead atoms. The number of hydrogen-bond donors (Lipinski definition) is 2. The lowest BCUT2D eigenvalue weighted by molar-refractivity contribution is -0.142. The smallest absolute Gasteiger partial charge is 0.243 e. The first kappa shape index (κ1) is 26.3. The lowest BCUT2D eigenvalue weighted by atomic mass is 9.90. The van der Waals surface area contributed by atoms with Crippen molar-refractivity contribution in [2.75, 3.05) is 13.1 Å². The summed E-state index contributed by atoms with van der Waals surface area (Å²) in [5.74, 6) is -0.362. The van der Waals surface area contributed by atoms with E-state index >= 15 is 0 Å². The summed E-state index contributed by atoms with van der Waals surface area (Å²) in [6, 6.07) is 17.0. The number of hydrogen-bond acceptors (Lipinski definition) is 4. The summed E-state index contributed by atoms with van der Waals surface area (Å²) >= 11 is 0. The first-order valence-electron chi connectivity index (χ1n) is 13.2. The van der Waals surface area contributed by atoms with Gasteiger partial charge in [-0.25, -0.2) is 4.39 Å². The van der Waals surface area contributed by atoms with Crippen molar-refractivity contribution in [3.05, 3.63) is 71.5 Å². The molecule has 4 rings (SSSR count). The number of nitrogens with two attached hydrogens (primary N) is 1. The standard InChI is InChI=1S/C29H39FN4O2/c1-21(35)34-18-16-27(19-28(34)29(36)32-26-13-11-25(31)12-14-26)33(17-15-22-5-3-2-4-6-22)20-23-7-9-24(30)10-8-23/h2-10,25-28H,11-20,31H2,1H3,(H,32,36)/t25?,26?,27?,28-/m1/s1. The van der Waals surface area contributed by atoms with Crippen LogP contribution in [0, 0.1) is 5.82 Å². The molecule has 0 aromatic heterocycles. The third-order valence-electron chi connectivity index (χ3n) is 7.75.